The highest BCUT2D eigenvalue weighted by Crippen LogP contribution is 2.29. The van der Waals surface area contributed by atoms with Gasteiger partial charge in [0.1, 0.15) is 5.82 Å². The molecule has 1 unspecified atom stereocenters. The van der Waals surface area contributed by atoms with Gasteiger partial charge in [0.05, 0.1) is 12.1 Å². The second kappa shape index (κ2) is 7.70. The van der Waals surface area contributed by atoms with E-state index in [0.29, 0.717) is 13.0 Å². The van der Waals surface area contributed by atoms with Crippen LogP contribution in [0.2, 0.25) is 0 Å². The molecule has 1 aliphatic rings. The number of rotatable bonds is 4. The van der Waals surface area contributed by atoms with Crippen molar-refractivity contribution in [1.82, 2.24) is 24.4 Å². The normalized spacial score (nSPS) is 17.1. The lowest BCUT2D eigenvalue weighted by Gasteiger charge is -2.33. The van der Waals surface area contributed by atoms with E-state index in [4.69, 9.17) is 0 Å². The van der Waals surface area contributed by atoms with Gasteiger partial charge in [-0.1, -0.05) is 30.3 Å². The Labute approximate surface area is 158 Å². The van der Waals surface area contributed by atoms with Crippen molar-refractivity contribution >= 4 is 5.91 Å². The number of hydrogen-bond acceptors (Lipinski definition) is 4. The predicted octanol–water partition coefficient (Wildman–Crippen LogP) is 2.92. The molecule has 1 aromatic carbocycles. The van der Waals surface area contributed by atoms with E-state index in [9.17, 15) is 4.79 Å². The Bertz CT molecular complexity index is 921. The van der Waals surface area contributed by atoms with Crippen LogP contribution >= 0.6 is 0 Å². The van der Waals surface area contributed by atoms with Gasteiger partial charge in [-0.05, 0) is 25.3 Å². The van der Waals surface area contributed by atoms with Gasteiger partial charge in [0.15, 0.2) is 5.82 Å². The molecule has 6 heteroatoms. The highest BCUT2D eigenvalue weighted by Gasteiger charge is 2.28. The Balaban J connectivity index is 1.54. The van der Waals surface area contributed by atoms with E-state index in [2.05, 4.69) is 15.0 Å². The third-order valence-corrected chi connectivity index (χ3v) is 5.12. The topological polar surface area (TPSA) is 63.9 Å². The van der Waals surface area contributed by atoms with Gasteiger partial charge in [-0.3, -0.25) is 14.3 Å². The van der Waals surface area contributed by atoms with Gasteiger partial charge in [-0.25, -0.2) is 9.97 Å². The number of piperidine rings is 1. The molecule has 4 rings (SSSR count). The molecule has 1 atom stereocenters. The first-order valence-electron chi connectivity index (χ1n) is 9.35. The van der Waals surface area contributed by atoms with Gasteiger partial charge in [0, 0.05) is 43.8 Å². The van der Waals surface area contributed by atoms with Crippen LogP contribution in [-0.2, 0) is 11.2 Å². The molecule has 3 aromatic rings. The Morgan fingerprint density at radius 1 is 1.11 bits per heavy atom. The van der Waals surface area contributed by atoms with Crippen LogP contribution in [0, 0.1) is 6.92 Å². The molecular formula is C21H23N5O. The van der Waals surface area contributed by atoms with Gasteiger partial charge in [-0.2, -0.15) is 0 Å². The number of carbonyl (C=O) groups is 1. The maximum atomic E-state index is 12.8. The average Bonchev–Trinajstić information content (AvgIpc) is 3.14. The molecular weight excluding hydrogens is 338 g/mol. The first kappa shape index (κ1) is 17.4. The van der Waals surface area contributed by atoms with Crippen LogP contribution in [0.1, 0.15) is 35.8 Å². The lowest BCUT2D eigenvalue weighted by molar-refractivity contribution is -0.131. The minimum Gasteiger partial charge on any atom is -0.342 e. The zero-order valence-electron chi connectivity index (χ0n) is 15.5. The van der Waals surface area contributed by atoms with E-state index in [1.807, 2.05) is 52.9 Å². The molecule has 0 radical (unpaired) electrons. The number of benzene rings is 1. The third-order valence-electron chi connectivity index (χ3n) is 5.12. The Morgan fingerprint density at radius 3 is 2.70 bits per heavy atom. The van der Waals surface area contributed by atoms with Gasteiger partial charge >= 0.3 is 0 Å². The number of aryl methyl sites for hydroxylation is 1. The molecule has 1 fully saturated rings. The minimum absolute atomic E-state index is 0.176. The number of aromatic nitrogens is 4. The first-order valence-corrected chi connectivity index (χ1v) is 9.35. The molecule has 0 saturated carbocycles. The fraction of sp³-hybridized carbons (Fsp3) is 0.333. The maximum absolute atomic E-state index is 12.8. The summed E-state index contributed by atoms with van der Waals surface area (Å²) < 4.78 is 1.97. The molecule has 0 spiro atoms. The van der Waals surface area contributed by atoms with Crippen LogP contribution in [0.4, 0.5) is 0 Å². The van der Waals surface area contributed by atoms with Crippen molar-refractivity contribution in [2.45, 2.75) is 32.1 Å². The van der Waals surface area contributed by atoms with E-state index in [1.165, 1.54) is 0 Å². The quantitative estimate of drug-likeness (QED) is 0.717. The summed E-state index contributed by atoms with van der Waals surface area (Å²) in [4.78, 5) is 28.2. The van der Waals surface area contributed by atoms with Crippen LogP contribution in [-0.4, -0.2) is 43.4 Å². The van der Waals surface area contributed by atoms with Gasteiger partial charge < -0.3 is 4.90 Å². The van der Waals surface area contributed by atoms with Crippen LogP contribution in [0.5, 0.6) is 0 Å². The van der Waals surface area contributed by atoms with Crippen molar-refractivity contribution in [3.05, 3.63) is 72.2 Å². The number of likely N-dealkylation sites (tertiary alicyclic amines) is 1. The van der Waals surface area contributed by atoms with Gasteiger partial charge in [0.25, 0.3) is 0 Å². The van der Waals surface area contributed by atoms with Gasteiger partial charge in [0.2, 0.25) is 5.91 Å². The lowest BCUT2D eigenvalue weighted by Crippen LogP contribution is -2.40. The second-order valence-corrected chi connectivity index (χ2v) is 6.95. The molecule has 6 nitrogen and oxygen atoms in total. The zero-order valence-corrected chi connectivity index (χ0v) is 15.5. The van der Waals surface area contributed by atoms with E-state index >= 15 is 0 Å². The SMILES string of the molecule is Cc1nccn1-c1nccnc1C1CCCN(C(=O)Cc2ccccc2)C1. The minimum atomic E-state index is 0.176. The smallest absolute Gasteiger partial charge is 0.227 e. The molecule has 1 amide bonds. The number of imidazole rings is 1. The average molecular weight is 361 g/mol. The zero-order chi connectivity index (χ0) is 18.6. The van der Waals surface area contributed by atoms with Crippen LogP contribution in [0.15, 0.2) is 55.1 Å². The number of hydrogen-bond donors (Lipinski definition) is 0. The van der Waals surface area contributed by atoms with Crippen molar-refractivity contribution in [2.24, 2.45) is 0 Å². The van der Waals surface area contributed by atoms with Crippen LogP contribution in [0.25, 0.3) is 5.82 Å². The molecule has 1 aliphatic heterocycles. The number of amides is 1. The third kappa shape index (κ3) is 3.74. The van der Waals surface area contributed by atoms with Crippen molar-refractivity contribution in [3.63, 3.8) is 0 Å². The van der Waals surface area contributed by atoms with E-state index < -0.39 is 0 Å². The fourth-order valence-corrected chi connectivity index (χ4v) is 3.73. The monoisotopic (exact) mass is 361 g/mol. The summed E-state index contributed by atoms with van der Waals surface area (Å²) >= 11 is 0. The molecule has 138 valence electrons. The molecule has 0 aliphatic carbocycles. The van der Waals surface area contributed by atoms with E-state index in [-0.39, 0.29) is 11.8 Å². The maximum Gasteiger partial charge on any atom is 0.227 e. The van der Waals surface area contributed by atoms with E-state index in [0.717, 1.165) is 42.3 Å². The summed E-state index contributed by atoms with van der Waals surface area (Å²) in [6.07, 6.45) is 9.55. The molecule has 0 N–H and O–H groups in total. The van der Waals surface area contributed by atoms with Crippen molar-refractivity contribution in [1.29, 1.82) is 0 Å². The highest BCUT2D eigenvalue weighted by atomic mass is 16.2. The largest absolute Gasteiger partial charge is 0.342 e. The molecule has 0 bridgehead atoms. The van der Waals surface area contributed by atoms with Crippen molar-refractivity contribution < 1.29 is 4.79 Å². The number of carbonyl (C=O) groups excluding carboxylic acids is 1. The van der Waals surface area contributed by atoms with Crippen LogP contribution in [0.3, 0.4) is 0 Å². The van der Waals surface area contributed by atoms with Crippen LogP contribution < -0.4 is 0 Å². The molecule has 27 heavy (non-hydrogen) atoms. The Hall–Kier alpha value is -3.02. The standard InChI is InChI=1S/C21H23N5O/c1-16-22-11-13-26(16)21-20(23-9-10-24-21)18-8-5-12-25(15-18)19(27)14-17-6-3-2-4-7-17/h2-4,6-7,9-11,13,18H,5,8,12,14-15H2,1H3. The lowest BCUT2D eigenvalue weighted by atomic mass is 9.93. The summed E-state index contributed by atoms with van der Waals surface area (Å²) in [5.41, 5.74) is 2.00. The fourth-order valence-electron chi connectivity index (χ4n) is 3.73. The molecule has 3 heterocycles. The van der Waals surface area contributed by atoms with E-state index in [1.54, 1.807) is 18.6 Å². The van der Waals surface area contributed by atoms with Crippen molar-refractivity contribution in [2.75, 3.05) is 13.1 Å². The summed E-state index contributed by atoms with van der Waals surface area (Å²) in [5.74, 6) is 2.05. The summed E-state index contributed by atoms with van der Waals surface area (Å²) in [6, 6.07) is 9.92. The number of nitrogens with zero attached hydrogens (tertiary/aromatic N) is 5. The Morgan fingerprint density at radius 2 is 1.93 bits per heavy atom. The van der Waals surface area contributed by atoms with Crippen molar-refractivity contribution in [3.8, 4) is 5.82 Å². The summed E-state index contributed by atoms with van der Waals surface area (Å²) in [7, 11) is 0. The summed E-state index contributed by atoms with van der Waals surface area (Å²) in [6.45, 7) is 3.45. The van der Waals surface area contributed by atoms with Gasteiger partial charge in [-0.15, -0.1) is 0 Å². The predicted molar refractivity (Wildman–Crippen MR) is 103 cm³/mol. The molecule has 1 saturated heterocycles. The summed E-state index contributed by atoms with van der Waals surface area (Å²) in [5, 5.41) is 0. The molecule has 2 aromatic heterocycles. The highest BCUT2D eigenvalue weighted by molar-refractivity contribution is 5.79. The first-order chi connectivity index (χ1) is 13.2. The Kier molecular flexibility index (Phi) is 4.96. The second-order valence-electron chi connectivity index (χ2n) is 6.95.